The molecule has 0 spiro atoms. The number of fused-ring (bicyclic) bond motifs is 3. The second-order valence-corrected chi connectivity index (χ2v) is 8.57. The summed E-state index contributed by atoms with van der Waals surface area (Å²) in [5.41, 5.74) is 2.48. The zero-order chi connectivity index (χ0) is 25.4. The van der Waals surface area contributed by atoms with Crippen LogP contribution >= 0.6 is 0 Å². The monoisotopic (exact) mass is 491 g/mol. The standard InChI is InChI=1S/C29H21N3O5/c33-27(16-32-23-11-5-2-8-20(23)28(34)21-9-3-6-12-24(21)32)31-22-10-4-1-7-19(22)29(35)30-18-13-14-25-26(15-18)37-17-36-25/h1-15H,16-17H2,(H,30,35)(H,31,33). The summed E-state index contributed by atoms with van der Waals surface area (Å²) in [6, 6.07) is 26.4. The maximum absolute atomic E-state index is 13.2. The number of amides is 2. The number of benzene rings is 4. The molecule has 37 heavy (non-hydrogen) atoms. The molecule has 0 saturated heterocycles. The van der Waals surface area contributed by atoms with E-state index in [0.29, 0.717) is 50.2 Å². The Kier molecular flexibility index (Phi) is 5.54. The molecule has 0 unspecified atom stereocenters. The van der Waals surface area contributed by atoms with Gasteiger partial charge in [-0.2, -0.15) is 0 Å². The van der Waals surface area contributed by atoms with Gasteiger partial charge in [-0.3, -0.25) is 14.4 Å². The van der Waals surface area contributed by atoms with E-state index in [9.17, 15) is 14.4 Å². The Morgan fingerprint density at radius 3 is 2.16 bits per heavy atom. The van der Waals surface area contributed by atoms with E-state index in [1.807, 2.05) is 28.8 Å². The van der Waals surface area contributed by atoms with Crippen molar-refractivity contribution in [3.8, 4) is 11.5 Å². The smallest absolute Gasteiger partial charge is 0.257 e. The molecule has 1 aliphatic rings. The number of pyridine rings is 1. The lowest BCUT2D eigenvalue weighted by Gasteiger charge is -2.16. The summed E-state index contributed by atoms with van der Waals surface area (Å²) < 4.78 is 12.5. The van der Waals surface area contributed by atoms with Gasteiger partial charge in [0.1, 0.15) is 6.54 Å². The largest absolute Gasteiger partial charge is 0.454 e. The van der Waals surface area contributed by atoms with Crippen LogP contribution in [0.4, 0.5) is 11.4 Å². The highest BCUT2D eigenvalue weighted by atomic mass is 16.7. The lowest BCUT2D eigenvalue weighted by Crippen LogP contribution is -2.23. The number of rotatable bonds is 5. The molecular formula is C29H21N3O5. The number of para-hydroxylation sites is 3. The second kappa shape index (κ2) is 9.16. The SMILES string of the molecule is O=C(Cn1c2ccccc2c(=O)c2ccccc21)Nc1ccccc1C(=O)Nc1ccc2c(c1)OCO2. The number of aromatic nitrogens is 1. The van der Waals surface area contributed by atoms with Gasteiger partial charge < -0.3 is 24.7 Å². The van der Waals surface area contributed by atoms with E-state index in [4.69, 9.17) is 9.47 Å². The molecule has 6 rings (SSSR count). The van der Waals surface area contributed by atoms with Crippen LogP contribution in [0.5, 0.6) is 11.5 Å². The molecule has 5 aromatic rings. The van der Waals surface area contributed by atoms with Crippen molar-refractivity contribution in [2.24, 2.45) is 0 Å². The Bertz CT molecular complexity index is 1700. The van der Waals surface area contributed by atoms with E-state index in [1.165, 1.54) is 0 Å². The number of ether oxygens (including phenoxy) is 2. The number of nitrogens with zero attached hydrogens (tertiary/aromatic N) is 1. The predicted octanol–water partition coefficient (Wildman–Crippen LogP) is 4.77. The summed E-state index contributed by atoms with van der Waals surface area (Å²) in [5, 5.41) is 6.79. The minimum atomic E-state index is -0.381. The molecule has 2 heterocycles. The highest BCUT2D eigenvalue weighted by Gasteiger charge is 2.18. The first-order chi connectivity index (χ1) is 18.1. The number of carbonyl (C=O) groups is 2. The Labute approximate surface area is 211 Å². The summed E-state index contributed by atoms with van der Waals surface area (Å²) in [5.74, 6) is 0.462. The summed E-state index contributed by atoms with van der Waals surface area (Å²) in [6.07, 6.45) is 0. The van der Waals surface area contributed by atoms with Crippen LogP contribution in [0, 0.1) is 0 Å². The first kappa shape index (κ1) is 22.4. The summed E-state index contributed by atoms with van der Waals surface area (Å²) in [4.78, 5) is 39.3. The zero-order valence-corrected chi connectivity index (χ0v) is 19.6. The van der Waals surface area contributed by atoms with Crippen LogP contribution in [-0.4, -0.2) is 23.2 Å². The molecule has 0 aliphatic carbocycles. The van der Waals surface area contributed by atoms with Crippen molar-refractivity contribution in [1.82, 2.24) is 4.57 Å². The molecule has 2 amide bonds. The first-order valence-electron chi connectivity index (χ1n) is 11.7. The van der Waals surface area contributed by atoms with E-state index >= 15 is 0 Å². The summed E-state index contributed by atoms with van der Waals surface area (Å²) in [6.45, 7) is 0.0984. The maximum Gasteiger partial charge on any atom is 0.257 e. The molecule has 0 fully saturated rings. The van der Waals surface area contributed by atoms with E-state index in [0.717, 1.165) is 0 Å². The molecule has 1 aliphatic heterocycles. The Hall–Kier alpha value is -5.11. The Morgan fingerprint density at radius 2 is 1.41 bits per heavy atom. The molecule has 8 heteroatoms. The molecule has 182 valence electrons. The number of hydrogen-bond acceptors (Lipinski definition) is 5. The van der Waals surface area contributed by atoms with E-state index in [2.05, 4.69) is 10.6 Å². The van der Waals surface area contributed by atoms with Crippen molar-refractivity contribution < 1.29 is 19.1 Å². The summed E-state index contributed by atoms with van der Waals surface area (Å²) >= 11 is 0. The zero-order valence-electron chi connectivity index (χ0n) is 19.6. The minimum Gasteiger partial charge on any atom is -0.454 e. The summed E-state index contributed by atoms with van der Waals surface area (Å²) in [7, 11) is 0. The van der Waals surface area contributed by atoms with Crippen molar-refractivity contribution in [1.29, 1.82) is 0 Å². The molecule has 1 aromatic heterocycles. The third-order valence-corrected chi connectivity index (χ3v) is 6.26. The Balaban J connectivity index is 1.28. The normalized spacial score (nSPS) is 12.0. The number of anilines is 2. The van der Waals surface area contributed by atoms with Gasteiger partial charge in [-0.1, -0.05) is 36.4 Å². The van der Waals surface area contributed by atoms with Gasteiger partial charge in [0.2, 0.25) is 12.7 Å². The molecule has 2 N–H and O–H groups in total. The molecule has 8 nitrogen and oxygen atoms in total. The predicted molar refractivity (Wildman–Crippen MR) is 141 cm³/mol. The third kappa shape index (κ3) is 4.14. The van der Waals surface area contributed by atoms with Crippen LogP contribution in [0.3, 0.4) is 0 Å². The van der Waals surface area contributed by atoms with Gasteiger partial charge in [-0.25, -0.2) is 0 Å². The second-order valence-electron chi connectivity index (χ2n) is 8.57. The van der Waals surface area contributed by atoms with Gasteiger partial charge in [0.15, 0.2) is 16.9 Å². The van der Waals surface area contributed by atoms with Gasteiger partial charge in [0.25, 0.3) is 5.91 Å². The molecule has 4 aromatic carbocycles. The van der Waals surface area contributed by atoms with Gasteiger partial charge in [0.05, 0.1) is 22.3 Å². The van der Waals surface area contributed by atoms with Gasteiger partial charge in [-0.05, 0) is 48.5 Å². The van der Waals surface area contributed by atoms with E-state index < -0.39 is 0 Å². The highest BCUT2D eigenvalue weighted by Crippen LogP contribution is 2.34. The number of carbonyl (C=O) groups excluding carboxylic acids is 2. The number of nitrogens with one attached hydrogen (secondary N) is 2. The fraction of sp³-hybridized carbons (Fsp3) is 0.0690. The van der Waals surface area contributed by atoms with Crippen molar-refractivity contribution in [3.63, 3.8) is 0 Å². The fourth-order valence-corrected chi connectivity index (χ4v) is 4.54. The van der Waals surface area contributed by atoms with E-state index in [1.54, 1.807) is 66.7 Å². The van der Waals surface area contributed by atoms with Gasteiger partial charge >= 0.3 is 0 Å². The Morgan fingerprint density at radius 1 is 0.757 bits per heavy atom. The maximum atomic E-state index is 13.2. The average molecular weight is 492 g/mol. The fourth-order valence-electron chi connectivity index (χ4n) is 4.54. The molecule has 0 saturated carbocycles. The van der Waals surface area contributed by atoms with Crippen molar-refractivity contribution in [2.45, 2.75) is 6.54 Å². The van der Waals surface area contributed by atoms with E-state index in [-0.39, 0.29) is 30.6 Å². The van der Waals surface area contributed by atoms with Crippen LogP contribution < -0.4 is 25.5 Å². The van der Waals surface area contributed by atoms with Crippen molar-refractivity contribution >= 4 is 45.0 Å². The van der Waals surface area contributed by atoms with Crippen molar-refractivity contribution in [2.75, 3.05) is 17.4 Å². The van der Waals surface area contributed by atoms with Gasteiger partial charge in [0, 0.05) is 22.5 Å². The highest BCUT2D eigenvalue weighted by molar-refractivity contribution is 6.10. The lowest BCUT2D eigenvalue weighted by atomic mass is 10.1. The molecule has 0 radical (unpaired) electrons. The van der Waals surface area contributed by atoms with Crippen LogP contribution in [0.2, 0.25) is 0 Å². The minimum absolute atomic E-state index is 0.0422. The van der Waals surface area contributed by atoms with Crippen LogP contribution in [0.1, 0.15) is 10.4 Å². The molecule has 0 atom stereocenters. The molecule has 0 bridgehead atoms. The quantitative estimate of drug-likeness (QED) is 0.345. The average Bonchev–Trinajstić information content (AvgIpc) is 3.39. The van der Waals surface area contributed by atoms with Crippen LogP contribution in [0.15, 0.2) is 95.8 Å². The van der Waals surface area contributed by atoms with Gasteiger partial charge in [-0.15, -0.1) is 0 Å². The molecular weight excluding hydrogens is 470 g/mol. The number of hydrogen-bond donors (Lipinski definition) is 2. The van der Waals surface area contributed by atoms with Crippen LogP contribution in [0.25, 0.3) is 21.8 Å². The van der Waals surface area contributed by atoms with Crippen molar-refractivity contribution in [3.05, 3.63) is 107 Å². The first-order valence-corrected chi connectivity index (χ1v) is 11.7. The lowest BCUT2D eigenvalue weighted by molar-refractivity contribution is -0.116. The van der Waals surface area contributed by atoms with Crippen LogP contribution in [-0.2, 0) is 11.3 Å². The third-order valence-electron chi connectivity index (χ3n) is 6.26. The topological polar surface area (TPSA) is 98.7 Å².